The first-order valence-electron chi connectivity index (χ1n) is 9.18. The van der Waals surface area contributed by atoms with Gasteiger partial charge >= 0.3 is 0 Å². The fourth-order valence-electron chi connectivity index (χ4n) is 4.30. The van der Waals surface area contributed by atoms with Crippen LogP contribution in [0, 0.1) is 11.8 Å². The van der Waals surface area contributed by atoms with Crippen LogP contribution in [0.3, 0.4) is 0 Å². The van der Waals surface area contributed by atoms with Gasteiger partial charge in [-0.2, -0.15) is 0 Å². The summed E-state index contributed by atoms with van der Waals surface area (Å²) in [5.74, 6) is -1.66. The highest BCUT2D eigenvalue weighted by molar-refractivity contribution is 6.09. The van der Waals surface area contributed by atoms with Gasteiger partial charge in [0.15, 0.2) is 0 Å². The van der Waals surface area contributed by atoms with Gasteiger partial charge in [0.1, 0.15) is 6.54 Å². The smallest absolute Gasteiger partial charge is 0.244 e. The zero-order valence-electron chi connectivity index (χ0n) is 14.7. The van der Waals surface area contributed by atoms with Gasteiger partial charge in [-0.15, -0.1) is 0 Å². The highest BCUT2D eigenvalue weighted by Gasteiger charge is 2.62. The molecule has 3 aliphatic rings. The van der Waals surface area contributed by atoms with Gasteiger partial charge in [-0.05, 0) is 37.1 Å². The van der Waals surface area contributed by atoms with E-state index < -0.39 is 11.8 Å². The number of amides is 3. The quantitative estimate of drug-likeness (QED) is 0.739. The van der Waals surface area contributed by atoms with E-state index in [2.05, 4.69) is 10.6 Å². The third kappa shape index (κ3) is 2.91. The van der Waals surface area contributed by atoms with Crippen LogP contribution in [-0.2, 0) is 25.7 Å². The first-order valence-corrected chi connectivity index (χ1v) is 9.18. The normalized spacial score (nSPS) is 29.3. The van der Waals surface area contributed by atoms with E-state index >= 15 is 0 Å². The number of fused-ring (bicyclic) bond motifs is 5. The van der Waals surface area contributed by atoms with Gasteiger partial charge in [0.05, 0.1) is 24.0 Å². The molecule has 3 saturated heterocycles. The van der Waals surface area contributed by atoms with Crippen LogP contribution in [0.15, 0.2) is 24.3 Å². The molecule has 3 aliphatic heterocycles. The van der Waals surface area contributed by atoms with Crippen LogP contribution in [0.25, 0.3) is 0 Å². The second kappa shape index (κ2) is 6.81. The summed E-state index contributed by atoms with van der Waals surface area (Å²) < 4.78 is 5.70. The summed E-state index contributed by atoms with van der Waals surface area (Å²) in [6.45, 7) is 3.38. The summed E-state index contributed by atoms with van der Waals surface area (Å²) >= 11 is 0. The molecule has 4 rings (SSSR count). The first-order chi connectivity index (χ1) is 12.6. The van der Waals surface area contributed by atoms with E-state index in [1.165, 1.54) is 0 Å². The number of hydrogen-bond donors (Lipinski definition) is 2. The van der Waals surface area contributed by atoms with Gasteiger partial charge in [0, 0.05) is 12.2 Å². The molecule has 4 atom stereocenters. The van der Waals surface area contributed by atoms with E-state index in [0.29, 0.717) is 5.69 Å². The Hall–Kier alpha value is -2.25. The number of ether oxygens (including phenoxy) is 1. The van der Waals surface area contributed by atoms with Crippen LogP contribution in [0.4, 0.5) is 5.69 Å². The maximum atomic E-state index is 12.6. The molecule has 138 valence electrons. The standard InChI is InChI=1S/C19H23N3O4/c1-2-20-9-11-4-3-5-12(8-11)21-15(23)10-22-18(24)16-13-6-7-14(26-13)17(16)19(22)25/h3-5,8,13-14,16-17,20H,2,6-7,9-10H2,1H3,(H,21,23). The number of carbonyl (C=O) groups is 3. The molecular weight excluding hydrogens is 334 g/mol. The number of likely N-dealkylation sites (tertiary alicyclic amines) is 1. The van der Waals surface area contributed by atoms with Crippen molar-refractivity contribution in [2.24, 2.45) is 11.8 Å². The summed E-state index contributed by atoms with van der Waals surface area (Å²) in [7, 11) is 0. The molecule has 7 heteroatoms. The largest absolute Gasteiger partial charge is 0.373 e. The number of hydrogen-bond acceptors (Lipinski definition) is 5. The molecular formula is C19H23N3O4. The summed E-state index contributed by atoms with van der Waals surface area (Å²) in [6, 6.07) is 7.53. The minimum atomic E-state index is -0.391. The predicted molar refractivity (Wildman–Crippen MR) is 94.0 cm³/mol. The second-order valence-electron chi connectivity index (χ2n) is 7.13. The Morgan fingerprint density at radius 1 is 1.19 bits per heavy atom. The molecule has 0 aliphatic carbocycles. The maximum absolute atomic E-state index is 12.6. The van der Waals surface area contributed by atoms with E-state index in [1.54, 1.807) is 6.07 Å². The fourth-order valence-corrected chi connectivity index (χ4v) is 4.30. The number of carbonyl (C=O) groups excluding carboxylic acids is 3. The molecule has 3 heterocycles. The zero-order valence-corrected chi connectivity index (χ0v) is 14.7. The SMILES string of the molecule is CCNCc1cccc(NC(=O)CN2C(=O)C3C4CCC(O4)C3C2=O)c1. The average molecular weight is 357 g/mol. The van der Waals surface area contributed by atoms with Gasteiger partial charge in [-0.3, -0.25) is 19.3 Å². The van der Waals surface area contributed by atoms with Gasteiger partial charge in [-0.25, -0.2) is 0 Å². The van der Waals surface area contributed by atoms with E-state index in [1.807, 2.05) is 25.1 Å². The molecule has 0 radical (unpaired) electrons. The minimum Gasteiger partial charge on any atom is -0.373 e. The minimum absolute atomic E-state index is 0.155. The lowest BCUT2D eigenvalue weighted by molar-refractivity contribution is -0.145. The van der Waals surface area contributed by atoms with Crippen molar-refractivity contribution in [3.05, 3.63) is 29.8 Å². The lowest BCUT2D eigenvalue weighted by Crippen LogP contribution is -2.40. The topological polar surface area (TPSA) is 87.7 Å². The van der Waals surface area contributed by atoms with Gasteiger partial charge in [0.25, 0.3) is 0 Å². The van der Waals surface area contributed by atoms with Crippen LogP contribution in [-0.4, -0.2) is 47.9 Å². The lowest BCUT2D eigenvalue weighted by Gasteiger charge is -2.17. The number of imide groups is 1. The van der Waals surface area contributed by atoms with Crippen LogP contribution >= 0.6 is 0 Å². The summed E-state index contributed by atoms with van der Waals surface area (Å²) in [5.41, 5.74) is 1.72. The number of benzene rings is 1. The van der Waals surface area contributed by atoms with Gasteiger partial charge in [-0.1, -0.05) is 19.1 Å². The third-order valence-electron chi connectivity index (χ3n) is 5.47. The molecule has 1 aromatic carbocycles. The van der Waals surface area contributed by atoms with Crippen LogP contribution < -0.4 is 10.6 Å². The van der Waals surface area contributed by atoms with Crippen molar-refractivity contribution in [1.82, 2.24) is 10.2 Å². The molecule has 0 spiro atoms. The Balaban J connectivity index is 1.39. The number of rotatable bonds is 6. The second-order valence-corrected chi connectivity index (χ2v) is 7.13. The Kier molecular flexibility index (Phi) is 4.50. The van der Waals surface area contributed by atoms with Crippen molar-refractivity contribution in [3.8, 4) is 0 Å². The highest BCUT2D eigenvalue weighted by Crippen LogP contribution is 2.48. The van der Waals surface area contributed by atoms with Crippen molar-refractivity contribution >= 4 is 23.4 Å². The Morgan fingerprint density at radius 3 is 2.54 bits per heavy atom. The summed E-state index contributed by atoms with van der Waals surface area (Å²) in [4.78, 5) is 38.7. The van der Waals surface area contributed by atoms with Crippen LogP contribution in [0.2, 0.25) is 0 Å². The molecule has 0 aromatic heterocycles. The van der Waals surface area contributed by atoms with Crippen molar-refractivity contribution in [2.75, 3.05) is 18.4 Å². The monoisotopic (exact) mass is 357 g/mol. The van der Waals surface area contributed by atoms with E-state index in [9.17, 15) is 14.4 Å². The lowest BCUT2D eigenvalue weighted by atomic mass is 9.81. The first kappa shape index (κ1) is 17.2. The Labute approximate surface area is 152 Å². The molecule has 2 bridgehead atoms. The van der Waals surface area contributed by atoms with Gasteiger partial charge in [0.2, 0.25) is 17.7 Å². The number of nitrogens with zero attached hydrogens (tertiary/aromatic N) is 1. The van der Waals surface area contributed by atoms with Gasteiger partial charge < -0.3 is 15.4 Å². The van der Waals surface area contributed by atoms with Crippen molar-refractivity contribution in [2.45, 2.75) is 38.5 Å². The number of anilines is 1. The van der Waals surface area contributed by atoms with E-state index in [-0.39, 0.29) is 36.5 Å². The highest BCUT2D eigenvalue weighted by atomic mass is 16.5. The average Bonchev–Trinajstić information content (AvgIpc) is 3.30. The molecule has 3 fully saturated rings. The van der Waals surface area contributed by atoms with E-state index in [0.717, 1.165) is 36.4 Å². The predicted octanol–water partition coefficient (Wildman–Crippen LogP) is 0.897. The fraction of sp³-hybridized carbons (Fsp3) is 0.526. The summed E-state index contributed by atoms with van der Waals surface area (Å²) in [6.07, 6.45) is 1.34. The molecule has 2 N–H and O–H groups in total. The van der Waals surface area contributed by atoms with Crippen molar-refractivity contribution < 1.29 is 19.1 Å². The Bertz CT molecular complexity index is 722. The zero-order chi connectivity index (χ0) is 18.3. The third-order valence-corrected chi connectivity index (χ3v) is 5.47. The Morgan fingerprint density at radius 2 is 1.88 bits per heavy atom. The van der Waals surface area contributed by atoms with Crippen molar-refractivity contribution in [1.29, 1.82) is 0 Å². The summed E-state index contributed by atoms with van der Waals surface area (Å²) in [5, 5.41) is 6.02. The molecule has 26 heavy (non-hydrogen) atoms. The molecule has 3 amide bonds. The van der Waals surface area contributed by atoms with Crippen LogP contribution in [0.1, 0.15) is 25.3 Å². The molecule has 1 aromatic rings. The van der Waals surface area contributed by atoms with Crippen molar-refractivity contribution in [3.63, 3.8) is 0 Å². The van der Waals surface area contributed by atoms with E-state index in [4.69, 9.17) is 4.74 Å². The molecule has 7 nitrogen and oxygen atoms in total. The maximum Gasteiger partial charge on any atom is 0.244 e. The van der Waals surface area contributed by atoms with Crippen LogP contribution in [0.5, 0.6) is 0 Å². The number of nitrogens with one attached hydrogen (secondary N) is 2. The molecule has 0 saturated carbocycles. The molecule has 4 unspecified atom stereocenters.